The van der Waals surface area contributed by atoms with Gasteiger partial charge >= 0.3 is 6.03 Å². The Morgan fingerprint density at radius 1 is 0.903 bits per heavy atom. The average Bonchev–Trinajstić information content (AvgIpc) is 2.80. The molecule has 0 saturated heterocycles. The molecule has 2 N–H and O–H groups in total. The van der Waals surface area contributed by atoms with Crippen molar-refractivity contribution in [3.05, 3.63) is 108 Å². The molecule has 0 heterocycles. The fraction of sp³-hybridized carbons (Fsp3) is 0.0800. The highest BCUT2D eigenvalue weighted by atomic mass is 16.2. The molecule has 3 rings (SSSR count). The monoisotopic (exact) mass is 410 g/mol. The normalized spacial score (nSPS) is 9.90. The fourth-order valence-electron chi connectivity index (χ4n) is 2.97. The molecule has 0 saturated carbocycles. The molecule has 0 unspecified atom stereocenters. The van der Waals surface area contributed by atoms with Crippen molar-refractivity contribution in [2.24, 2.45) is 0 Å². The Kier molecular flexibility index (Phi) is 7.17. The molecule has 31 heavy (non-hydrogen) atoms. The second kappa shape index (κ2) is 10.4. The van der Waals surface area contributed by atoms with Crippen LogP contribution in [0.25, 0.3) is 0 Å². The Bertz CT molecular complexity index is 1090. The zero-order valence-corrected chi connectivity index (χ0v) is 16.9. The Balaban J connectivity index is 1.64. The van der Waals surface area contributed by atoms with Gasteiger partial charge in [-0.2, -0.15) is 5.26 Å². The van der Waals surface area contributed by atoms with Crippen LogP contribution in [0.4, 0.5) is 16.2 Å². The smallest absolute Gasteiger partial charge is 0.323 e. The highest BCUT2D eigenvalue weighted by Crippen LogP contribution is 2.15. The van der Waals surface area contributed by atoms with Gasteiger partial charge in [-0.25, -0.2) is 4.79 Å². The standard InChI is InChI=1S/C25H22N4O2/c1-2-16-29(18-20-10-8-19(17-26)9-11-20)24(30)21-12-14-23(15-13-21)28-25(31)27-22-6-4-3-5-7-22/h2-15H,1,16,18H2,(H2,27,28,31). The number of amides is 3. The number of rotatable bonds is 7. The first-order valence-electron chi connectivity index (χ1n) is 9.71. The van der Waals surface area contributed by atoms with Crippen LogP contribution < -0.4 is 10.6 Å². The summed E-state index contributed by atoms with van der Waals surface area (Å²) in [6, 6.07) is 24.7. The van der Waals surface area contributed by atoms with Crippen molar-refractivity contribution < 1.29 is 9.59 Å². The third kappa shape index (κ3) is 6.05. The number of hydrogen-bond acceptors (Lipinski definition) is 3. The summed E-state index contributed by atoms with van der Waals surface area (Å²) in [5.74, 6) is -0.149. The largest absolute Gasteiger partial charge is 0.331 e. The van der Waals surface area contributed by atoms with Crippen LogP contribution in [0, 0.1) is 11.3 Å². The number of urea groups is 1. The van der Waals surface area contributed by atoms with Gasteiger partial charge in [-0.3, -0.25) is 4.79 Å². The summed E-state index contributed by atoms with van der Waals surface area (Å²) >= 11 is 0. The van der Waals surface area contributed by atoms with E-state index < -0.39 is 0 Å². The SMILES string of the molecule is C=CCN(Cc1ccc(C#N)cc1)C(=O)c1ccc(NC(=O)Nc2ccccc2)cc1. The van der Waals surface area contributed by atoms with Crippen LogP contribution in [0.3, 0.4) is 0 Å². The minimum Gasteiger partial charge on any atom is -0.331 e. The molecular weight excluding hydrogens is 388 g/mol. The van der Waals surface area contributed by atoms with Gasteiger partial charge in [0.25, 0.3) is 5.91 Å². The summed E-state index contributed by atoms with van der Waals surface area (Å²) in [6.45, 7) is 4.52. The quantitative estimate of drug-likeness (QED) is 0.536. The molecule has 0 atom stereocenters. The van der Waals surface area contributed by atoms with Gasteiger partial charge in [-0.1, -0.05) is 36.4 Å². The molecule has 154 valence electrons. The zero-order valence-electron chi connectivity index (χ0n) is 16.9. The number of hydrogen-bond donors (Lipinski definition) is 2. The third-order valence-electron chi connectivity index (χ3n) is 4.51. The van der Waals surface area contributed by atoms with Crippen molar-refractivity contribution in [3.63, 3.8) is 0 Å². The lowest BCUT2D eigenvalue weighted by Gasteiger charge is -2.21. The van der Waals surface area contributed by atoms with Crippen LogP contribution in [0.2, 0.25) is 0 Å². The van der Waals surface area contributed by atoms with Gasteiger partial charge in [-0.15, -0.1) is 6.58 Å². The number of nitrogens with one attached hydrogen (secondary N) is 2. The maximum atomic E-state index is 13.0. The van der Waals surface area contributed by atoms with Crippen LogP contribution in [0.15, 0.2) is 91.5 Å². The summed E-state index contributed by atoms with van der Waals surface area (Å²) in [5.41, 5.74) is 3.27. The summed E-state index contributed by atoms with van der Waals surface area (Å²) < 4.78 is 0. The average molecular weight is 410 g/mol. The van der Waals surface area contributed by atoms with Gasteiger partial charge in [0.2, 0.25) is 0 Å². The van der Waals surface area contributed by atoms with E-state index in [1.165, 1.54) is 0 Å². The van der Waals surface area contributed by atoms with Crippen molar-refractivity contribution in [1.82, 2.24) is 4.90 Å². The Hall–Kier alpha value is -4.37. The van der Waals surface area contributed by atoms with E-state index in [0.29, 0.717) is 35.6 Å². The van der Waals surface area contributed by atoms with Crippen molar-refractivity contribution in [3.8, 4) is 6.07 Å². The van der Waals surface area contributed by atoms with E-state index in [1.807, 2.05) is 30.3 Å². The third-order valence-corrected chi connectivity index (χ3v) is 4.51. The molecule has 3 aromatic rings. The predicted octanol–water partition coefficient (Wildman–Crippen LogP) is 5.03. The molecule has 0 bridgehead atoms. The molecule has 0 aromatic heterocycles. The molecule has 6 heteroatoms. The van der Waals surface area contributed by atoms with Crippen LogP contribution >= 0.6 is 0 Å². The zero-order chi connectivity index (χ0) is 22.1. The molecule has 0 radical (unpaired) electrons. The van der Waals surface area contributed by atoms with E-state index in [0.717, 1.165) is 5.56 Å². The van der Waals surface area contributed by atoms with Gasteiger partial charge in [-0.05, 0) is 54.1 Å². The number of carbonyl (C=O) groups is 2. The van der Waals surface area contributed by atoms with Gasteiger partial charge in [0.05, 0.1) is 11.6 Å². The Morgan fingerprint density at radius 3 is 2.10 bits per heavy atom. The lowest BCUT2D eigenvalue weighted by atomic mass is 10.1. The van der Waals surface area contributed by atoms with Crippen LogP contribution in [-0.2, 0) is 6.54 Å². The molecular formula is C25H22N4O2. The van der Waals surface area contributed by atoms with Gasteiger partial charge in [0.1, 0.15) is 0 Å². The van der Waals surface area contributed by atoms with Gasteiger partial charge in [0.15, 0.2) is 0 Å². The highest BCUT2D eigenvalue weighted by molar-refractivity contribution is 6.00. The first kappa shape index (κ1) is 21.3. The topological polar surface area (TPSA) is 85.2 Å². The van der Waals surface area contributed by atoms with Gasteiger partial charge in [0, 0.05) is 30.0 Å². The van der Waals surface area contributed by atoms with Crippen molar-refractivity contribution in [2.75, 3.05) is 17.2 Å². The molecule has 0 spiro atoms. The van der Waals surface area contributed by atoms with Crippen LogP contribution in [0.1, 0.15) is 21.5 Å². The molecule has 3 aromatic carbocycles. The lowest BCUT2D eigenvalue weighted by molar-refractivity contribution is 0.0762. The minimum absolute atomic E-state index is 0.149. The maximum Gasteiger partial charge on any atom is 0.323 e. The van der Waals surface area contributed by atoms with E-state index in [-0.39, 0.29) is 11.9 Å². The van der Waals surface area contributed by atoms with Crippen LogP contribution in [-0.4, -0.2) is 23.4 Å². The molecule has 6 nitrogen and oxygen atoms in total. The lowest BCUT2D eigenvalue weighted by Crippen LogP contribution is -2.30. The Morgan fingerprint density at radius 2 is 1.52 bits per heavy atom. The number of carbonyl (C=O) groups excluding carboxylic acids is 2. The van der Waals surface area contributed by atoms with Crippen molar-refractivity contribution >= 4 is 23.3 Å². The van der Waals surface area contributed by atoms with E-state index in [4.69, 9.17) is 5.26 Å². The molecule has 0 aliphatic rings. The number of para-hydroxylation sites is 1. The predicted molar refractivity (Wildman–Crippen MR) is 122 cm³/mol. The van der Waals surface area contributed by atoms with E-state index in [1.54, 1.807) is 59.5 Å². The highest BCUT2D eigenvalue weighted by Gasteiger charge is 2.15. The van der Waals surface area contributed by atoms with Crippen molar-refractivity contribution in [2.45, 2.75) is 6.54 Å². The molecule has 3 amide bonds. The second-order valence-electron chi connectivity index (χ2n) is 6.81. The van der Waals surface area contributed by atoms with E-state index >= 15 is 0 Å². The first-order chi connectivity index (χ1) is 15.1. The summed E-state index contributed by atoms with van der Waals surface area (Å²) in [7, 11) is 0. The number of benzene rings is 3. The first-order valence-corrected chi connectivity index (χ1v) is 9.71. The molecule has 0 aliphatic heterocycles. The number of nitrogens with zero attached hydrogens (tertiary/aromatic N) is 2. The van der Waals surface area contributed by atoms with E-state index in [9.17, 15) is 9.59 Å². The summed E-state index contributed by atoms with van der Waals surface area (Å²) in [6.07, 6.45) is 1.67. The maximum absolute atomic E-state index is 13.0. The van der Waals surface area contributed by atoms with Crippen LogP contribution in [0.5, 0.6) is 0 Å². The second-order valence-corrected chi connectivity index (χ2v) is 6.81. The minimum atomic E-state index is -0.362. The fourth-order valence-corrected chi connectivity index (χ4v) is 2.97. The molecule has 0 aliphatic carbocycles. The van der Waals surface area contributed by atoms with Gasteiger partial charge < -0.3 is 15.5 Å². The number of nitriles is 1. The summed E-state index contributed by atoms with van der Waals surface area (Å²) in [5, 5.41) is 14.4. The molecule has 0 fully saturated rings. The summed E-state index contributed by atoms with van der Waals surface area (Å²) in [4.78, 5) is 26.7. The van der Waals surface area contributed by atoms with E-state index in [2.05, 4.69) is 23.3 Å². The number of anilines is 2. The Labute approximate surface area is 181 Å². The van der Waals surface area contributed by atoms with Crippen molar-refractivity contribution in [1.29, 1.82) is 5.26 Å².